The first-order valence-electron chi connectivity index (χ1n) is 14.4. The van der Waals surface area contributed by atoms with E-state index in [0.717, 1.165) is 54.5 Å². The van der Waals surface area contributed by atoms with Crippen LogP contribution in [0, 0.1) is 17.6 Å². The second-order valence-electron chi connectivity index (χ2n) is 11.1. The Morgan fingerprint density at radius 3 is 2.23 bits per heavy atom. The first kappa shape index (κ1) is 32.3. The average molecular weight is 666 g/mol. The first-order chi connectivity index (χ1) is 21.1. The molecular formula is C32H32Cl2F2N2O5S. The summed E-state index contributed by atoms with van der Waals surface area (Å²) in [4.78, 5) is 26.8. The second kappa shape index (κ2) is 14.4. The van der Waals surface area contributed by atoms with E-state index in [9.17, 15) is 27.7 Å². The summed E-state index contributed by atoms with van der Waals surface area (Å²) in [5.41, 5.74) is 0.644. The van der Waals surface area contributed by atoms with Crippen molar-refractivity contribution in [1.29, 1.82) is 0 Å². The predicted octanol–water partition coefficient (Wildman–Crippen LogP) is 6.81. The molecule has 0 spiro atoms. The Morgan fingerprint density at radius 1 is 1.00 bits per heavy atom. The van der Waals surface area contributed by atoms with Crippen molar-refractivity contribution in [3.8, 4) is 0 Å². The third-order valence-corrected chi connectivity index (χ3v) is 10.1. The van der Waals surface area contributed by atoms with Crippen molar-refractivity contribution in [3.05, 3.63) is 100 Å². The van der Waals surface area contributed by atoms with Crippen molar-refractivity contribution < 1.29 is 32.4 Å². The summed E-state index contributed by atoms with van der Waals surface area (Å²) in [6, 6.07) is 18.4. The number of hydrogen-bond acceptors (Lipinski definition) is 4. The number of carboxylic acid groups (broad SMARTS) is 1. The largest absolute Gasteiger partial charge is 0.481 e. The van der Waals surface area contributed by atoms with E-state index >= 15 is 0 Å². The lowest BCUT2D eigenvalue weighted by molar-refractivity contribution is -0.169. The van der Waals surface area contributed by atoms with Gasteiger partial charge in [-0.15, -0.1) is 0 Å². The van der Waals surface area contributed by atoms with Crippen LogP contribution in [0.15, 0.2) is 72.8 Å². The molecule has 7 nitrogen and oxygen atoms in total. The van der Waals surface area contributed by atoms with Gasteiger partial charge in [-0.05, 0) is 73.6 Å². The van der Waals surface area contributed by atoms with Gasteiger partial charge in [0.15, 0.2) is 0 Å². The van der Waals surface area contributed by atoms with E-state index < -0.39 is 59.1 Å². The summed E-state index contributed by atoms with van der Waals surface area (Å²) in [6.45, 7) is 0.0817. The van der Waals surface area contributed by atoms with Crippen LogP contribution >= 0.6 is 23.2 Å². The molecule has 3 aromatic rings. The molecule has 1 saturated heterocycles. The van der Waals surface area contributed by atoms with E-state index in [1.807, 2.05) is 30.3 Å². The molecule has 12 heteroatoms. The van der Waals surface area contributed by atoms with Gasteiger partial charge in [0, 0.05) is 16.1 Å². The van der Waals surface area contributed by atoms with Crippen LogP contribution < -0.4 is 4.31 Å². The Morgan fingerprint density at radius 2 is 1.66 bits per heavy atom. The van der Waals surface area contributed by atoms with Crippen LogP contribution in [0.1, 0.15) is 43.7 Å². The first-order valence-corrected chi connectivity index (χ1v) is 16.3. The molecule has 1 heterocycles. The number of carboxylic acids is 1. The highest BCUT2D eigenvalue weighted by Crippen LogP contribution is 2.43. The molecule has 2 aliphatic carbocycles. The molecule has 0 bridgehead atoms. The van der Waals surface area contributed by atoms with Gasteiger partial charge in [-0.25, -0.2) is 13.0 Å². The molecule has 3 aromatic carbocycles. The zero-order valence-corrected chi connectivity index (χ0v) is 26.0. The number of nitrogens with zero attached hydrogens (tertiary/aromatic N) is 2. The van der Waals surface area contributed by atoms with Gasteiger partial charge in [-0.2, -0.15) is 0 Å². The third kappa shape index (κ3) is 8.15. The number of aliphatic carboxylic acids is 1. The van der Waals surface area contributed by atoms with E-state index in [2.05, 4.69) is 0 Å². The maximum atomic E-state index is 14.9. The van der Waals surface area contributed by atoms with E-state index in [-0.39, 0.29) is 30.0 Å². The number of benzene rings is 3. The van der Waals surface area contributed by atoms with Crippen LogP contribution in [0.3, 0.4) is 0 Å². The van der Waals surface area contributed by atoms with Crippen molar-refractivity contribution in [2.45, 2.75) is 55.5 Å². The number of amides is 1. The average Bonchev–Trinajstić information content (AvgIpc) is 3.92. The smallest absolute Gasteiger partial charge is 0.306 e. The topological polar surface area (TPSA) is 87.2 Å². The molecule has 44 heavy (non-hydrogen) atoms. The summed E-state index contributed by atoms with van der Waals surface area (Å²) >= 11 is 11.6. The Hall–Kier alpha value is -3.05. The van der Waals surface area contributed by atoms with Crippen molar-refractivity contribution in [2.75, 3.05) is 17.5 Å². The highest BCUT2D eigenvalue weighted by molar-refractivity contribution is 7.87. The van der Waals surface area contributed by atoms with Gasteiger partial charge in [0.1, 0.15) is 28.7 Å². The van der Waals surface area contributed by atoms with E-state index in [0.29, 0.717) is 5.02 Å². The molecule has 1 aliphatic heterocycles. The van der Waals surface area contributed by atoms with Gasteiger partial charge in [-0.3, -0.25) is 13.9 Å². The summed E-state index contributed by atoms with van der Waals surface area (Å²) < 4.78 is 49.6. The number of rotatable bonds is 10. The number of halogens is 4. The van der Waals surface area contributed by atoms with Crippen LogP contribution in [-0.4, -0.2) is 56.6 Å². The predicted molar refractivity (Wildman–Crippen MR) is 166 cm³/mol. The Labute approximate surface area is 267 Å². The third-order valence-electron chi connectivity index (χ3n) is 7.75. The van der Waals surface area contributed by atoms with Gasteiger partial charge < -0.3 is 14.7 Å². The van der Waals surface area contributed by atoms with Gasteiger partial charge >= 0.3 is 5.97 Å². The fourth-order valence-corrected chi connectivity index (χ4v) is 7.05. The monoisotopic (exact) mass is 664 g/mol. The summed E-state index contributed by atoms with van der Waals surface area (Å²) in [7, 11) is -1.62. The molecule has 1 N–H and O–H groups in total. The second-order valence-corrected chi connectivity index (χ2v) is 13.6. The molecule has 2 saturated carbocycles. The van der Waals surface area contributed by atoms with Crippen LogP contribution in [0.5, 0.6) is 0 Å². The number of anilines is 1. The summed E-state index contributed by atoms with van der Waals surface area (Å²) in [6.07, 6.45) is 1.40. The molecule has 234 valence electrons. The molecule has 4 atom stereocenters. The minimum Gasteiger partial charge on any atom is -0.481 e. The Kier molecular flexibility index (Phi) is 10.6. The summed E-state index contributed by atoms with van der Waals surface area (Å²) in [5, 5.41) is 10.5. The molecule has 0 radical (unpaired) electrons. The molecule has 4 unspecified atom stereocenters. The molecule has 3 aliphatic rings. The Balaban J connectivity index is 0.000000484. The normalized spacial score (nSPS) is 21.2. The van der Waals surface area contributed by atoms with Crippen LogP contribution in [0.4, 0.5) is 14.5 Å². The molecule has 6 rings (SSSR count). The van der Waals surface area contributed by atoms with E-state index in [1.165, 1.54) is 4.31 Å². The fourth-order valence-electron chi connectivity index (χ4n) is 5.24. The number of ether oxygens (including phenoxy) is 1. The fraction of sp³-hybridized carbons (Fsp3) is 0.375. The van der Waals surface area contributed by atoms with Crippen molar-refractivity contribution in [3.63, 3.8) is 0 Å². The number of morpholine rings is 1. The quantitative estimate of drug-likeness (QED) is 0.257. The lowest BCUT2D eigenvalue weighted by Gasteiger charge is -2.45. The minimum atomic E-state index is -1.62. The van der Waals surface area contributed by atoms with Gasteiger partial charge in [0.05, 0.1) is 42.6 Å². The molecule has 0 aromatic heterocycles. The maximum Gasteiger partial charge on any atom is 0.306 e. The summed E-state index contributed by atoms with van der Waals surface area (Å²) in [5.74, 6) is -2.96. The van der Waals surface area contributed by atoms with Gasteiger partial charge in [-0.1, -0.05) is 53.5 Å². The molecule has 3 fully saturated rings. The van der Waals surface area contributed by atoms with E-state index in [1.54, 1.807) is 29.2 Å². The zero-order chi connectivity index (χ0) is 31.4. The standard InChI is InChI=1S/C26H27ClF2N2O5S.C6H5Cl/c27-17-5-3-16(4-6-17)23-14-36-24(12-25(32)33)26(34)31(23)22(15-1-2-15)13-30(37(35)19-8-9-19)21-11-18(28)7-10-20(21)29;7-6-4-2-1-3-5-6/h3-7,10-11,15,19,22-24H,1-2,8-9,12-14H2,(H,32,33);1-5H. The number of hydrogen-bond donors (Lipinski definition) is 1. The highest BCUT2D eigenvalue weighted by Gasteiger charge is 2.48. The van der Waals surface area contributed by atoms with Crippen molar-refractivity contribution in [1.82, 2.24) is 4.90 Å². The van der Waals surface area contributed by atoms with Crippen LogP contribution in [-0.2, 0) is 25.3 Å². The van der Waals surface area contributed by atoms with E-state index in [4.69, 9.17) is 27.9 Å². The minimum absolute atomic E-state index is 0.0176. The van der Waals surface area contributed by atoms with Crippen molar-refractivity contribution in [2.24, 2.45) is 5.92 Å². The molecular weight excluding hydrogens is 633 g/mol. The Bertz CT molecular complexity index is 1490. The van der Waals surface area contributed by atoms with Crippen molar-refractivity contribution >= 4 is 51.8 Å². The highest BCUT2D eigenvalue weighted by atomic mass is 35.5. The van der Waals surface area contributed by atoms with Crippen LogP contribution in [0.25, 0.3) is 0 Å². The molecule has 1 amide bonds. The van der Waals surface area contributed by atoms with Gasteiger partial charge in [0.25, 0.3) is 5.91 Å². The lowest BCUT2D eigenvalue weighted by Crippen LogP contribution is -2.58. The lowest BCUT2D eigenvalue weighted by atomic mass is 9.97. The number of carbonyl (C=O) groups excluding carboxylic acids is 1. The van der Waals surface area contributed by atoms with Gasteiger partial charge in [0.2, 0.25) is 0 Å². The SMILES string of the molecule is Clc1ccccc1.O=C(O)CC1OCC(c2ccc(Cl)cc2)N(C(CN(c2cc(F)ccc2F)S(=O)C2CC2)C2CC2)C1=O. The van der Waals surface area contributed by atoms with Crippen LogP contribution in [0.2, 0.25) is 10.0 Å². The zero-order valence-electron chi connectivity index (χ0n) is 23.7. The maximum absolute atomic E-state index is 14.9. The number of carbonyl (C=O) groups is 2.